The minimum atomic E-state index is 0.128. The fourth-order valence-electron chi connectivity index (χ4n) is 0.772. The second-order valence-electron chi connectivity index (χ2n) is 2.48. The van der Waals surface area contributed by atoms with Gasteiger partial charge in [-0.1, -0.05) is 6.92 Å². The summed E-state index contributed by atoms with van der Waals surface area (Å²) in [5.74, 6) is 0.128. The summed E-state index contributed by atoms with van der Waals surface area (Å²) in [4.78, 5) is 4.14. The highest BCUT2D eigenvalue weighted by Gasteiger charge is 2.03. The predicted molar refractivity (Wildman–Crippen MR) is 47.4 cm³/mol. The number of aliphatic hydroxyl groups is 1. The number of aliphatic hydroxyl groups excluding tert-OH is 1. The van der Waals surface area contributed by atoms with Crippen molar-refractivity contribution in [2.24, 2.45) is 0 Å². The van der Waals surface area contributed by atoms with Crippen LogP contribution in [-0.2, 0) is 0 Å². The van der Waals surface area contributed by atoms with Crippen molar-refractivity contribution < 1.29 is 5.11 Å². The molecule has 1 rings (SSSR count). The van der Waals surface area contributed by atoms with Gasteiger partial charge in [-0.25, -0.2) is 0 Å². The van der Waals surface area contributed by atoms with Crippen LogP contribution in [0.4, 0.5) is 0 Å². The molecule has 3 heteroatoms. The van der Waals surface area contributed by atoms with E-state index in [2.05, 4.69) is 20.9 Å². The first-order valence-corrected chi connectivity index (χ1v) is 4.25. The lowest BCUT2D eigenvalue weighted by molar-refractivity contribution is 0.271. The van der Waals surface area contributed by atoms with Crippen molar-refractivity contribution in [2.45, 2.75) is 12.8 Å². The van der Waals surface area contributed by atoms with Crippen LogP contribution in [0, 0.1) is 0 Å². The number of hydrogen-bond donors (Lipinski definition) is 1. The monoisotopic (exact) mass is 215 g/mol. The van der Waals surface area contributed by atoms with E-state index in [4.69, 9.17) is 5.11 Å². The summed E-state index contributed by atoms with van der Waals surface area (Å²) < 4.78 is 0.964. The molecule has 0 fully saturated rings. The average Bonchev–Trinajstić information content (AvgIpc) is 2.05. The minimum absolute atomic E-state index is 0.128. The zero-order chi connectivity index (χ0) is 8.27. The molecular formula is C8H10BrNO. The van der Waals surface area contributed by atoms with Gasteiger partial charge in [-0.3, -0.25) is 4.98 Å². The summed E-state index contributed by atoms with van der Waals surface area (Å²) in [7, 11) is 0. The molecule has 1 unspecified atom stereocenters. The Morgan fingerprint density at radius 1 is 1.64 bits per heavy atom. The van der Waals surface area contributed by atoms with Crippen LogP contribution in [0.15, 0.2) is 22.8 Å². The fourth-order valence-corrected chi connectivity index (χ4v) is 1.01. The van der Waals surface area contributed by atoms with Crippen molar-refractivity contribution in [1.29, 1.82) is 0 Å². The topological polar surface area (TPSA) is 33.1 Å². The Morgan fingerprint density at radius 2 is 2.36 bits per heavy atom. The van der Waals surface area contributed by atoms with Gasteiger partial charge in [-0.05, 0) is 28.1 Å². The lowest BCUT2D eigenvalue weighted by atomic mass is 10.1. The van der Waals surface area contributed by atoms with E-state index in [1.807, 2.05) is 19.1 Å². The number of pyridine rings is 1. The van der Waals surface area contributed by atoms with E-state index < -0.39 is 0 Å². The molecule has 0 aliphatic rings. The lowest BCUT2D eigenvalue weighted by Crippen LogP contribution is -2.00. The van der Waals surface area contributed by atoms with E-state index in [0.717, 1.165) is 10.2 Å². The largest absolute Gasteiger partial charge is 0.396 e. The summed E-state index contributed by atoms with van der Waals surface area (Å²) >= 11 is 3.29. The number of nitrogens with zero attached hydrogens (tertiary/aromatic N) is 1. The third-order valence-corrected chi connectivity index (χ3v) is 2.00. The van der Waals surface area contributed by atoms with Crippen LogP contribution < -0.4 is 0 Å². The minimum Gasteiger partial charge on any atom is -0.396 e. The van der Waals surface area contributed by atoms with Crippen LogP contribution >= 0.6 is 15.9 Å². The van der Waals surface area contributed by atoms with E-state index in [0.29, 0.717) is 0 Å². The summed E-state index contributed by atoms with van der Waals surface area (Å²) in [6, 6.07) is 3.83. The molecule has 0 saturated carbocycles. The molecule has 0 radical (unpaired) electrons. The van der Waals surface area contributed by atoms with Crippen LogP contribution in [0.3, 0.4) is 0 Å². The Morgan fingerprint density at radius 3 is 2.82 bits per heavy atom. The van der Waals surface area contributed by atoms with Gasteiger partial charge in [0.05, 0.1) is 6.61 Å². The van der Waals surface area contributed by atoms with Gasteiger partial charge in [-0.2, -0.15) is 0 Å². The molecule has 1 heterocycles. The zero-order valence-electron chi connectivity index (χ0n) is 6.29. The van der Waals surface area contributed by atoms with Gasteiger partial charge in [-0.15, -0.1) is 0 Å². The Kier molecular flexibility index (Phi) is 3.02. The summed E-state index contributed by atoms with van der Waals surface area (Å²) in [5, 5.41) is 8.81. The molecule has 2 nitrogen and oxygen atoms in total. The molecule has 0 bridgehead atoms. The van der Waals surface area contributed by atoms with Gasteiger partial charge in [0, 0.05) is 22.3 Å². The third kappa shape index (κ3) is 2.27. The number of hydrogen-bond acceptors (Lipinski definition) is 2. The SMILES string of the molecule is CC(CO)c1ccc(Br)cn1. The second kappa shape index (κ2) is 3.83. The first-order chi connectivity index (χ1) is 5.24. The Labute approximate surface area is 74.4 Å². The first-order valence-electron chi connectivity index (χ1n) is 3.46. The summed E-state index contributed by atoms with van der Waals surface area (Å²) in [6.07, 6.45) is 1.74. The molecule has 1 N–H and O–H groups in total. The van der Waals surface area contributed by atoms with Gasteiger partial charge in [0.25, 0.3) is 0 Å². The predicted octanol–water partition coefficient (Wildman–Crippen LogP) is 1.94. The smallest absolute Gasteiger partial charge is 0.0512 e. The van der Waals surface area contributed by atoms with Gasteiger partial charge in [0.15, 0.2) is 0 Å². The van der Waals surface area contributed by atoms with E-state index in [1.165, 1.54) is 0 Å². The average molecular weight is 216 g/mol. The summed E-state index contributed by atoms with van der Waals surface area (Å²) in [6.45, 7) is 2.09. The van der Waals surface area contributed by atoms with Crippen molar-refractivity contribution in [3.63, 3.8) is 0 Å². The normalized spacial score (nSPS) is 13.0. The maximum Gasteiger partial charge on any atom is 0.0512 e. The standard InChI is InChI=1S/C8H10BrNO/c1-6(5-11)8-3-2-7(9)4-10-8/h2-4,6,11H,5H2,1H3. The Hall–Kier alpha value is -0.410. The molecule has 1 aromatic heterocycles. The maximum absolute atomic E-state index is 8.81. The molecule has 1 aromatic rings. The molecule has 60 valence electrons. The zero-order valence-corrected chi connectivity index (χ0v) is 7.87. The molecule has 1 atom stereocenters. The van der Waals surface area contributed by atoms with Gasteiger partial charge < -0.3 is 5.11 Å². The molecule has 0 amide bonds. The number of halogens is 1. The van der Waals surface area contributed by atoms with Crippen LogP contribution in [0.1, 0.15) is 18.5 Å². The first kappa shape index (κ1) is 8.68. The van der Waals surface area contributed by atoms with Crippen LogP contribution in [0.2, 0.25) is 0 Å². The third-order valence-electron chi connectivity index (χ3n) is 1.53. The van der Waals surface area contributed by atoms with Crippen LogP contribution in [0.5, 0.6) is 0 Å². The van der Waals surface area contributed by atoms with Crippen LogP contribution in [0.25, 0.3) is 0 Å². The van der Waals surface area contributed by atoms with Gasteiger partial charge >= 0.3 is 0 Å². The van der Waals surface area contributed by atoms with Gasteiger partial charge in [0.1, 0.15) is 0 Å². The molecule has 11 heavy (non-hydrogen) atoms. The van der Waals surface area contributed by atoms with Crippen molar-refractivity contribution >= 4 is 15.9 Å². The maximum atomic E-state index is 8.81. The Balaban J connectivity index is 2.81. The van der Waals surface area contributed by atoms with Crippen LogP contribution in [-0.4, -0.2) is 16.7 Å². The van der Waals surface area contributed by atoms with E-state index in [1.54, 1.807) is 6.20 Å². The summed E-state index contributed by atoms with van der Waals surface area (Å²) in [5.41, 5.74) is 0.927. The second-order valence-corrected chi connectivity index (χ2v) is 3.40. The van der Waals surface area contributed by atoms with E-state index >= 15 is 0 Å². The molecule has 0 saturated heterocycles. The number of rotatable bonds is 2. The molecule has 0 aromatic carbocycles. The fraction of sp³-hybridized carbons (Fsp3) is 0.375. The Bertz CT molecular complexity index is 222. The molecular weight excluding hydrogens is 206 g/mol. The lowest BCUT2D eigenvalue weighted by Gasteiger charge is -2.05. The highest BCUT2D eigenvalue weighted by atomic mass is 79.9. The molecule has 0 spiro atoms. The highest BCUT2D eigenvalue weighted by molar-refractivity contribution is 9.10. The van der Waals surface area contributed by atoms with Crippen molar-refractivity contribution in [2.75, 3.05) is 6.61 Å². The number of aromatic nitrogens is 1. The van der Waals surface area contributed by atoms with Gasteiger partial charge in [0.2, 0.25) is 0 Å². The quantitative estimate of drug-likeness (QED) is 0.819. The van der Waals surface area contributed by atoms with Crippen molar-refractivity contribution in [3.8, 4) is 0 Å². The van der Waals surface area contributed by atoms with E-state index in [-0.39, 0.29) is 12.5 Å². The molecule has 0 aliphatic heterocycles. The highest BCUT2D eigenvalue weighted by Crippen LogP contribution is 2.14. The molecule has 0 aliphatic carbocycles. The van der Waals surface area contributed by atoms with E-state index in [9.17, 15) is 0 Å². The van der Waals surface area contributed by atoms with Crippen molar-refractivity contribution in [3.05, 3.63) is 28.5 Å². The van der Waals surface area contributed by atoms with Crippen molar-refractivity contribution in [1.82, 2.24) is 4.98 Å².